The van der Waals surface area contributed by atoms with Crippen molar-refractivity contribution in [3.63, 3.8) is 0 Å². The Bertz CT molecular complexity index is 1140. The summed E-state index contributed by atoms with van der Waals surface area (Å²) in [5, 5.41) is 12.6. The lowest BCUT2D eigenvalue weighted by atomic mass is 9.83. The minimum absolute atomic E-state index is 0.0542. The van der Waals surface area contributed by atoms with Gasteiger partial charge in [0.2, 0.25) is 11.8 Å². The van der Waals surface area contributed by atoms with Gasteiger partial charge in [-0.15, -0.1) is 15.3 Å². The highest BCUT2D eigenvalue weighted by Gasteiger charge is 2.36. The van der Waals surface area contributed by atoms with Gasteiger partial charge in [0.15, 0.2) is 11.5 Å². The zero-order valence-electron chi connectivity index (χ0n) is 16.2. The number of hydrogen-bond donors (Lipinski definition) is 0. The molecule has 150 valence electrons. The van der Waals surface area contributed by atoms with Crippen LogP contribution in [0.25, 0.3) is 5.65 Å². The lowest BCUT2D eigenvalue weighted by molar-refractivity contribution is -0.133. The third-order valence-corrected chi connectivity index (χ3v) is 5.91. The van der Waals surface area contributed by atoms with Crippen LogP contribution in [-0.2, 0) is 17.8 Å². The molecule has 3 aromatic heterocycles. The second-order valence-electron chi connectivity index (χ2n) is 7.76. The number of hydrogen-bond acceptors (Lipinski definition) is 6. The fourth-order valence-corrected chi connectivity index (χ4v) is 4.56. The number of aromatic nitrogens is 5. The Labute approximate surface area is 166 Å². The molecule has 29 heavy (non-hydrogen) atoms. The van der Waals surface area contributed by atoms with Gasteiger partial charge in [0, 0.05) is 56.2 Å². The SMILES string of the molecule is COc1ccc2nnc(CCC(=O)N3C[C@H]4C[C@@H](C3)c3cccc(=O)n3C4)n2n1. The van der Waals surface area contributed by atoms with Gasteiger partial charge < -0.3 is 14.2 Å². The minimum atomic E-state index is 0.0542. The normalized spacial score (nSPS) is 20.5. The van der Waals surface area contributed by atoms with E-state index >= 15 is 0 Å². The van der Waals surface area contributed by atoms with E-state index in [1.54, 1.807) is 29.8 Å². The number of methoxy groups -OCH3 is 1. The molecule has 2 aliphatic heterocycles. The van der Waals surface area contributed by atoms with Crippen molar-refractivity contribution in [1.82, 2.24) is 29.3 Å². The van der Waals surface area contributed by atoms with Crippen molar-refractivity contribution >= 4 is 11.6 Å². The number of rotatable bonds is 4. The minimum Gasteiger partial charge on any atom is -0.480 e. The summed E-state index contributed by atoms with van der Waals surface area (Å²) < 4.78 is 8.66. The zero-order chi connectivity index (χ0) is 20.0. The van der Waals surface area contributed by atoms with E-state index in [2.05, 4.69) is 15.3 Å². The fraction of sp³-hybridized carbons (Fsp3) is 0.450. The molecule has 0 saturated carbocycles. The molecular weight excluding hydrogens is 372 g/mol. The van der Waals surface area contributed by atoms with Crippen molar-refractivity contribution < 1.29 is 9.53 Å². The number of carbonyl (C=O) groups is 1. The van der Waals surface area contributed by atoms with E-state index in [0.717, 1.165) is 12.1 Å². The summed E-state index contributed by atoms with van der Waals surface area (Å²) in [5.41, 5.74) is 1.73. The molecule has 9 heteroatoms. The summed E-state index contributed by atoms with van der Waals surface area (Å²) in [6.45, 7) is 2.04. The van der Waals surface area contributed by atoms with Gasteiger partial charge in [0.1, 0.15) is 0 Å². The molecule has 0 aliphatic carbocycles. The van der Waals surface area contributed by atoms with Gasteiger partial charge in [-0.1, -0.05) is 6.07 Å². The summed E-state index contributed by atoms with van der Waals surface area (Å²) in [4.78, 5) is 27.0. The molecule has 0 aromatic carbocycles. The summed E-state index contributed by atoms with van der Waals surface area (Å²) in [6.07, 6.45) is 1.84. The predicted octanol–water partition coefficient (Wildman–Crippen LogP) is 0.873. The maximum absolute atomic E-state index is 12.9. The molecule has 1 amide bonds. The van der Waals surface area contributed by atoms with Crippen molar-refractivity contribution in [1.29, 1.82) is 0 Å². The number of ether oxygens (including phenoxy) is 1. The Morgan fingerprint density at radius 2 is 2.07 bits per heavy atom. The second kappa shape index (κ2) is 6.98. The van der Waals surface area contributed by atoms with Crippen molar-refractivity contribution in [2.45, 2.75) is 31.7 Å². The van der Waals surface area contributed by atoms with E-state index in [4.69, 9.17) is 4.74 Å². The number of carbonyl (C=O) groups excluding carboxylic acids is 1. The molecule has 2 bridgehead atoms. The van der Waals surface area contributed by atoms with Gasteiger partial charge in [-0.3, -0.25) is 9.59 Å². The first-order chi connectivity index (χ1) is 14.1. The first-order valence-electron chi connectivity index (χ1n) is 9.85. The van der Waals surface area contributed by atoms with Crippen molar-refractivity contribution in [2.24, 2.45) is 5.92 Å². The molecule has 1 saturated heterocycles. The number of piperidine rings is 1. The third kappa shape index (κ3) is 3.16. The smallest absolute Gasteiger partial charge is 0.250 e. The number of fused-ring (bicyclic) bond motifs is 5. The molecule has 0 radical (unpaired) electrons. The Morgan fingerprint density at radius 3 is 2.93 bits per heavy atom. The molecule has 1 fully saturated rings. The van der Waals surface area contributed by atoms with E-state index in [1.807, 2.05) is 21.6 Å². The van der Waals surface area contributed by atoms with Crippen LogP contribution in [-0.4, -0.2) is 55.4 Å². The molecule has 2 aliphatic rings. The second-order valence-corrected chi connectivity index (χ2v) is 7.76. The number of aryl methyl sites for hydroxylation is 1. The van der Waals surface area contributed by atoms with E-state index in [-0.39, 0.29) is 17.4 Å². The highest BCUT2D eigenvalue weighted by Crippen LogP contribution is 2.35. The average Bonchev–Trinajstić information content (AvgIpc) is 3.14. The van der Waals surface area contributed by atoms with Crippen LogP contribution in [0.3, 0.4) is 0 Å². The molecule has 9 nitrogen and oxygen atoms in total. The molecular formula is C20H22N6O3. The molecule has 5 rings (SSSR count). The van der Waals surface area contributed by atoms with Crippen molar-refractivity contribution in [3.8, 4) is 5.88 Å². The average molecular weight is 394 g/mol. The molecule has 3 aromatic rings. The Kier molecular flexibility index (Phi) is 4.30. The quantitative estimate of drug-likeness (QED) is 0.652. The summed E-state index contributed by atoms with van der Waals surface area (Å²) in [5.74, 6) is 1.76. The lowest BCUT2D eigenvalue weighted by Gasteiger charge is -2.42. The number of likely N-dealkylation sites (tertiary alicyclic amines) is 1. The molecule has 2 atom stereocenters. The Balaban J connectivity index is 1.30. The number of nitrogens with zero attached hydrogens (tertiary/aromatic N) is 6. The van der Waals surface area contributed by atoms with Gasteiger partial charge in [-0.05, 0) is 24.5 Å². The van der Waals surface area contributed by atoms with Crippen LogP contribution in [0, 0.1) is 5.92 Å². The van der Waals surface area contributed by atoms with E-state index in [9.17, 15) is 9.59 Å². The van der Waals surface area contributed by atoms with Crippen molar-refractivity contribution in [3.05, 3.63) is 52.2 Å². The van der Waals surface area contributed by atoms with E-state index < -0.39 is 0 Å². The maximum Gasteiger partial charge on any atom is 0.250 e. The highest BCUT2D eigenvalue weighted by molar-refractivity contribution is 5.76. The summed E-state index contributed by atoms with van der Waals surface area (Å²) in [6, 6.07) is 8.95. The Morgan fingerprint density at radius 1 is 1.17 bits per heavy atom. The number of pyridine rings is 1. The van der Waals surface area contributed by atoms with Gasteiger partial charge in [-0.25, -0.2) is 0 Å². The summed E-state index contributed by atoms with van der Waals surface area (Å²) >= 11 is 0. The Hall–Kier alpha value is -3.23. The largest absolute Gasteiger partial charge is 0.480 e. The van der Waals surface area contributed by atoms with Crippen LogP contribution < -0.4 is 10.3 Å². The highest BCUT2D eigenvalue weighted by atomic mass is 16.5. The fourth-order valence-electron chi connectivity index (χ4n) is 4.56. The standard InChI is InChI=1S/C20H22N6O3/c1-29-18-7-5-16-21-22-17(26(16)23-18)6-8-19(27)24-10-13-9-14(12-24)15-3-2-4-20(28)25(15)11-13/h2-5,7,13-14H,6,8-12H2,1H3/t13-,14+/m1/s1. The maximum atomic E-state index is 12.9. The van der Waals surface area contributed by atoms with Gasteiger partial charge >= 0.3 is 0 Å². The van der Waals surface area contributed by atoms with Crippen LogP contribution in [0.4, 0.5) is 0 Å². The molecule has 5 heterocycles. The van der Waals surface area contributed by atoms with Crippen molar-refractivity contribution in [2.75, 3.05) is 20.2 Å². The monoisotopic (exact) mass is 394 g/mol. The van der Waals surface area contributed by atoms with Gasteiger partial charge in [0.05, 0.1) is 7.11 Å². The first kappa shape index (κ1) is 17.8. The van der Waals surface area contributed by atoms with E-state index in [0.29, 0.717) is 55.7 Å². The lowest BCUT2D eigenvalue weighted by Crippen LogP contribution is -2.49. The first-order valence-corrected chi connectivity index (χ1v) is 9.85. The van der Waals surface area contributed by atoms with E-state index in [1.165, 1.54) is 0 Å². The van der Waals surface area contributed by atoms with Crippen LogP contribution in [0.2, 0.25) is 0 Å². The van der Waals surface area contributed by atoms with Crippen LogP contribution in [0.1, 0.15) is 30.3 Å². The number of amides is 1. The third-order valence-electron chi connectivity index (χ3n) is 5.91. The van der Waals surface area contributed by atoms with Crippen LogP contribution in [0.5, 0.6) is 5.88 Å². The molecule has 0 unspecified atom stereocenters. The van der Waals surface area contributed by atoms with Crippen LogP contribution in [0.15, 0.2) is 35.1 Å². The molecule has 0 spiro atoms. The predicted molar refractivity (Wildman–Crippen MR) is 104 cm³/mol. The van der Waals surface area contributed by atoms with Crippen LogP contribution >= 0.6 is 0 Å². The van der Waals surface area contributed by atoms with Gasteiger partial charge in [0.25, 0.3) is 5.56 Å². The topological polar surface area (TPSA) is 94.6 Å². The van der Waals surface area contributed by atoms with Gasteiger partial charge in [-0.2, -0.15) is 4.52 Å². The molecule has 0 N–H and O–H groups in total. The zero-order valence-corrected chi connectivity index (χ0v) is 16.2. The summed E-state index contributed by atoms with van der Waals surface area (Å²) in [7, 11) is 1.56.